The van der Waals surface area contributed by atoms with Crippen LogP contribution in [0.5, 0.6) is 5.75 Å². The zero-order chi connectivity index (χ0) is 18.1. The van der Waals surface area contributed by atoms with Crippen LogP contribution in [-0.2, 0) is 6.42 Å². The first-order valence-corrected chi connectivity index (χ1v) is 7.80. The summed E-state index contributed by atoms with van der Waals surface area (Å²) >= 11 is 0. The Morgan fingerprint density at radius 1 is 1.28 bits per heavy atom. The number of rotatable bonds is 4. The normalized spacial score (nSPS) is 13.3. The lowest BCUT2D eigenvalue weighted by molar-refractivity contribution is 0.0697. The van der Waals surface area contributed by atoms with Gasteiger partial charge in [-0.25, -0.2) is 4.79 Å². The van der Waals surface area contributed by atoms with Crippen molar-refractivity contribution in [2.75, 3.05) is 12.4 Å². The van der Waals surface area contributed by atoms with Gasteiger partial charge in [0.25, 0.3) is 5.91 Å². The number of fused-ring (bicyclic) bond motifs is 1. The van der Waals surface area contributed by atoms with Crippen molar-refractivity contribution in [1.29, 1.82) is 0 Å². The molecular formula is C18H17NO6. The smallest absolute Gasteiger partial charge is 0.337 e. The standard InChI is InChI=1S/C18H17NO6/c1-9-15-13(20)4-3-5-14(15)25-16(9)17(21)19-12-7-6-10(24-2)8-11(12)18(22)23/h6-8H,3-5H2,1-2H3,(H,19,21)(H,22,23). The Morgan fingerprint density at radius 3 is 2.68 bits per heavy atom. The number of nitrogens with one attached hydrogen (secondary N) is 1. The second kappa shape index (κ2) is 6.43. The predicted octanol–water partition coefficient (Wildman–Crippen LogP) is 3.07. The van der Waals surface area contributed by atoms with Crippen LogP contribution in [0.15, 0.2) is 22.6 Å². The van der Waals surface area contributed by atoms with Gasteiger partial charge in [-0.05, 0) is 31.5 Å². The van der Waals surface area contributed by atoms with Gasteiger partial charge in [0.15, 0.2) is 11.5 Å². The van der Waals surface area contributed by atoms with Crippen molar-refractivity contribution in [2.24, 2.45) is 0 Å². The molecule has 1 aromatic heterocycles. The summed E-state index contributed by atoms with van der Waals surface area (Å²) in [5, 5.41) is 11.9. The number of carbonyl (C=O) groups is 3. The third kappa shape index (κ3) is 3.00. The summed E-state index contributed by atoms with van der Waals surface area (Å²) in [6.45, 7) is 1.66. The molecule has 130 valence electrons. The topological polar surface area (TPSA) is 106 Å². The van der Waals surface area contributed by atoms with Crippen molar-refractivity contribution < 1.29 is 28.6 Å². The Hall–Kier alpha value is -3.09. The molecule has 0 aliphatic heterocycles. The van der Waals surface area contributed by atoms with E-state index >= 15 is 0 Å². The van der Waals surface area contributed by atoms with Gasteiger partial charge in [-0.15, -0.1) is 0 Å². The number of hydrogen-bond donors (Lipinski definition) is 2. The Labute approximate surface area is 143 Å². The summed E-state index contributed by atoms with van der Waals surface area (Å²) in [6, 6.07) is 4.32. The summed E-state index contributed by atoms with van der Waals surface area (Å²) in [4.78, 5) is 36.0. The summed E-state index contributed by atoms with van der Waals surface area (Å²) in [5.74, 6) is -0.894. The molecule has 25 heavy (non-hydrogen) atoms. The molecular weight excluding hydrogens is 326 g/mol. The van der Waals surface area contributed by atoms with E-state index in [1.807, 2.05) is 0 Å². The molecule has 1 aromatic carbocycles. The molecule has 0 fully saturated rings. The van der Waals surface area contributed by atoms with Gasteiger partial charge < -0.3 is 19.6 Å². The Bertz CT molecular complexity index is 880. The monoisotopic (exact) mass is 343 g/mol. The molecule has 0 bridgehead atoms. The highest BCUT2D eigenvalue weighted by Crippen LogP contribution is 2.30. The number of ether oxygens (including phenoxy) is 1. The largest absolute Gasteiger partial charge is 0.497 e. The van der Waals surface area contributed by atoms with Crippen LogP contribution in [0, 0.1) is 6.92 Å². The van der Waals surface area contributed by atoms with Gasteiger partial charge in [-0.1, -0.05) is 0 Å². The third-order valence-corrected chi connectivity index (χ3v) is 4.22. The Morgan fingerprint density at radius 2 is 2.04 bits per heavy atom. The first-order chi connectivity index (χ1) is 11.9. The van der Waals surface area contributed by atoms with Gasteiger partial charge in [-0.3, -0.25) is 9.59 Å². The van der Waals surface area contributed by atoms with E-state index in [-0.39, 0.29) is 22.8 Å². The van der Waals surface area contributed by atoms with E-state index in [2.05, 4.69) is 5.32 Å². The van der Waals surface area contributed by atoms with Gasteiger partial charge in [0.05, 0.1) is 23.9 Å². The van der Waals surface area contributed by atoms with E-state index in [9.17, 15) is 19.5 Å². The molecule has 0 radical (unpaired) electrons. The fourth-order valence-electron chi connectivity index (χ4n) is 2.98. The number of carbonyl (C=O) groups excluding carboxylic acids is 2. The number of benzene rings is 1. The summed E-state index contributed by atoms with van der Waals surface area (Å²) in [6.07, 6.45) is 1.75. The van der Waals surface area contributed by atoms with Crippen LogP contribution in [0.1, 0.15) is 55.4 Å². The number of furan rings is 1. The van der Waals surface area contributed by atoms with Crippen LogP contribution in [0.2, 0.25) is 0 Å². The number of aryl methyl sites for hydroxylation is 1. The number of amides is 1. The molecule has 0 unspecified atom stereocenters. The molecule has 7 nitrogen and oxygen atoms in total. The minimum Gasteiger partial charge on any atom is -0.497 e. The van der Waals surface area contributed by atoms with Gasteiger partial charge in [0.2, 0.25) is 0 Å². The molecule has 0 atom stereocenters. The highest BCUT2D eigenvalue weighted by atomic mass is 16.5. The Balaban J connectivity index is 1.94. The van der Waals surface area contributed by atoms with E-state index < -0.39 is 11.9 Å². The number of ketones is 1. The molecule has 3 rings (SSSR count). The minimum absolute atomic E-state index is 0.0303. The number of hydrogen-bond acceptors (Lipinski definition) is 5. The van der Waals surface area contributed by atoms with Crippen LogP contribution in [0.3, 0.4) is 0 Å². The molecule has 7 heteroatoms. The van der Waals surface area contributed by atoms with Gasteiger partial charge >= 0.3 is 5.97 Å². The second-order valence-electron chi connectivity index (χ2n) is 5.80. The number of anilines is 1. The average Bonchev–Trinajstić information content (AvgIpc) is 2.93. The second-order valence-corrected chi connectivity index (χ2v) is 5.80. The van der Waals surface area contributed by atoms with E-state index in [0.29, 0.717) is 41.9 Å². The maximum atomic E-state index is 12.5. The molecule has 0 saturated carbocycles. The molecule has 1 amide bonds. The molecule has 2 aromatic rings. The molecule has 1 aliphatic carbocycles. The van der Waals surface area contributed by atoms with Gasteiger partial charge in [0.1, 0.15) is 11.5 Å². The first kappa shape index (κ1) is 16.8. The van der Waals surface area contributed by atoms with Crippen LogP contribution in [-0.4, -0.2) is 29.9 Å². The van der Waals surface area contributed by atoms with Crippen molar-refractivity contribution >= 4 is 23.3 Å². The highest BCUT2D eigenvalue weighted by Gasteiger charge is 2.29. The predicted molar refractivity (Wildman–Crippen MR) is 88.6 cm³/mol. The summed E-state index contributed by atoms with van der Waals surface area (Å²) in [5.41, 5.74) is 0.989. The lowest BCUT2D eigenvalue weighted by Crippen LogP contribution is -2.15. The minimum atomic E-state index is -1.19. The van der Waals surface area contributed by atoms with Crippen LogP contribution in [0.4, 0.5) is 5.69 Å². The summed E-state index contributed by atoms with van der Waals surface area (Å²) in [7, 11) is 1.42. The third-order valence-electron chi connectivity index (χ3n) is 4.22. The number of Topliss-reactive ketones (excluding diaryl/α,β-unsaturated/α-hetero) is 1. The molecule has 1 aliphatic rings. The van der Waals surface area contributed by atoms with Crippen molar-refractivity contribution in [2.45, 2.75) is 26.2 Å². The number of carboxylic acid groups (broad SMARTS) is 1. The Kier molecular flexibility index (Phi) is 4.31. The zero-order valence-corrected chi connectivity index (χ0v) is 13.8. The maximum absolute atomic E-state index is 12.5. The molecule has 0 saturated heterocycles. The maximum Gasteiger partial charge on any atom is 0.337 e. The van der Waals surface area contributed by atoms with E-state index in [4.69, 9.17) is 9.15 Å². The molecule has 0 spiro atoms. The first-order valence-electron chi connectivity index (χ1n) is 7.80. The van der Waals surface area contributed by atoms with Gasteiger partial charge in [-0.2, -0.15) is 0 Å². The van der Waals surface area contributed by atoms with E-state index in [1.54, 1.807) is 13.0 Å². The zero-order valence-electron chi connectivity index (χ0n) is 13.8. The number of methoxy groups -OCH3 is 1. The molecule has 2 N–H and O–H groups in total. The van der Waals surface area contributed by atoms with Crippen molar-refractivity contribution in [3.8, 4) is 5.75 Å². The molecule has 1 heterocycles. The fourth-order valence-corrected chi connectivity index (χ4v) is 2.98. The number of aromatic carboxylic acids is 1. The quantitative estimate of drug-likeness (QED) is 0.884. The van der Waals surface area contributed by atoms with Crippen LogP contribution >= 0.6 is 0 Å². The number of carboxylic acids is 1. The van der Waals surface area contributed by atoms with E-state index in [0.717, 1.165) is 0 Å². The summed E-state index contributed by atoms with van der Waals surface area (Å²) < 4.78 is 10.6. The van der Waals surface area contributed by atoms with Crippen molar-refractivity contribution in [1.82, 2.24) is 0 Å². The van der Waals surface area contributed by atoms with Crippen LogP contribution < -0.4 is 10.1 Å². The van der Waals surface area contributed by atoms with Crippen LogP contribution in [0.25, 0.3) is 0 Å². The lowest BCUT2D eigenvalue weighted by atomic mass is 9.94. The van der Waals surface area contributed by atoms with Crippen molar-refractivity contribution in [3.63, 3.8) is 0 Å². The van der Waals surface area contributed by atoms with E-state index in [1.165, 1.54) is 19.2 Å². The average molecular weight is 343 g/mol. The lowest BCUT2D eigenvalue weighted by Gasteiger charge is -2.09. The SMILES string of the molecule is COc1ccc(NC(=O)c2oc3c(c2C)C(=O)CCC3)c(C(=O)O)c1. The van der Waals surface area contributed by atoms with Gasteiger partial charge in [0, 0.05) is 18.4 Å². The highest BCUT2D eigenvalue weighted by molar-refractivity contribution is 6.09. The fraction of sp³-hybridized carbons (Fsp3) is 0.278. The van der Waals surface area contributed by atoms with Crippen molar-refractivity contribution in [3.05, 3.63) is 46.4 Å².